The molecule has 24 heavy (non-hydrogen) atoms. The van der Waals surface area contributed by atoms with Gasteiger partial charge in [0.1, 0.15) is 17.9 Å². The normalized spacial score (nSPS) is 10.6. The average molecular weight is 404 g/mol. The molecule has 0 aliphatic heterocycles. The molecule has 4 nitrogen and oxygen atoms in total. The first kappa shape index (κ1) is 16.9. The number of nitrogens with zero attached hydrogens (tertiary/aromatic N) is 2. The van der Waals surface area contributed by atoms with Crippen LogP contribution in [0.4, 0.5) is 5.82 Å². The van der Waals surface area contributed by atoms with Gasteiger partial charge in [0.15, 0.2) is 0 Å². The molecule has 0 spiro atoms. The van der Waals surface area contributed by atoms with Crippen molar-refractivity contribution < 1.29 is 4.74 Å². The summed E-state index contributed by atoms with van der Waals surface area (Å²) in [5, 5.41) is 5.36. The van der Waals surface area contributed by atoms with Crippen molar-refractivity contribution in [1.82, 2.24) is 9.97 Å². The van der Waals surface area contributed by atoms with Crippen molar-refractivity contribution in [2.24, 2.45) is 0 Å². The van der Waals surface area contributed by atoms with E-state index in [4.69, 9.17) is 4.74 Å². The van der Waals surface area contributed by atoms with Gasteiger partial charge in [0.05, 0.1) is 17.2 Å². The first-order valence-electron chi connectivity index (χ1n) is 7.76. The fraction of sp³-hybridized carbons (Fsp3) is 0.222. The Balaban J connectivity index is 1.61. The van der Waals surface area contributed by atoms with Crippen LogP contribution in [0.1, 0.15) is 12.5 Å². The van der Waals surface area contributed by atoms with Crippen LogP contribution in [0.25, 0.3) is 10.6 Å². The van der Waals surface area contributed by atoms with E-state index in [2.05, 4.69) is 55.5 Å². The van der Waals surface area contributed by atoms with E-state index < -0.39 is 0 Å². The zero-order valence-corrected chi connectivity index (χ0v) is 15.7. The van der Waals surface area contributed by atoms with Gasteiger partial charge in [0.2, 0.25) is 0 Å². The predicted molar refractivity (Wildman–Crippen MR) is 103 cm³/mol. The summed E-state index contributed by atoms with van der Waals surface area (Å²) in [5.74, 6) is 1.73. The molecule has 2 heterocycles. The van der Waals surface area contributed by atoms with Crippen molar-refractivity contribution in [2.75, 3.05) is 18.5 Å². The molecule has 1 aromatic carbocycles. The summed E-state index contributed by atoms with van der Waals surface area (Å²) in [6, 6.07) is 12.4. The molecule has 0 bridgehead atoms. The molecule has 3 rings (SSSR count). The number of hydrogen-bond donors (Lipinski definition) is 1. The lowest BCUT2D eigenvalue weighted by molar-refractivity contribution is 0.342. The van der Waals surface area contributed by atoms with E-state index in [1.54, 1.807) is 17.7 Å². The first-order chi connectivity index (χ1) is 11.7. The zero-order chi connectivity index (χ0) is 16.8. The summed E-state index contributed by atoms with van der Waals surface area (Å²) in [5.41, 5.74) is 2.20. The van der Waals surface area contributed by atoms with E-state index in [0.29, 0.717) is 6.61 Å². The van der Waals surface area contributed by atoms with Gasteiger partial charge in [-0.25, -0.2) is 9.97 Å². The fourth-order valence-electron chi connectivity index (χ4n) is 2.27. The lowest BCUT2D eigenvalue weighted by atomic mass is 10.1. The molecule has 0 unspecified atom stereocenters. The number of nitrogens with one attached hydrogen (secondary N) is 1. The summed E-state index contributed by atoms with van der Waals surface area (Å²) in [4.78, 5) is 9.73. The highest BCUT2D eigenvalue weighted by molar-refractivity contribution is 9.10. The maximum Gasteiger partial charge on any atom is 0.130 e. The average Bonchev–Trinajstić information content (AvgIpc) is 3.06. The van der Waals surface area contributed by atoms with E-state index in [1.165, 1.54) is 5.56 Å². The van der Waals surface area contributed by atoms with Crippen LogP contribution in [0.5, 0.6) is 5.75 Å². The molecule has 0 radical (unpaired) electrons. The Morgan fingerprint density at radius 2 is 2.00 bits per heavy atom. The van der Waals surface area contributed by atoms with Crippen LogP contribution < -0.4 is 10.1 Å². The number of benzene rings is 1. The van der Waals surface area contributed by atoms with E-state index in [0.717, 1.165) is 39.6 Å². The van der Waals surface area contributed by atoms with Crippen molar-refractivity contribution in [3.63, 3.8) is 0 Å². The molecule has 0 saturated carbocycles. The third-order valence-electron chi connectivity index (χ3n) is 3.44. The molecule has 0 atom stereocenters. The van der Waals surface area contributed by atoms with Gasteiger partial charge >= 0.3 is 0 Å². The van der Waals surface area contributed by atoms with E-state index >= 15 is 0 Å². The van der Waals surface area contributed by atoms with E-state index in [-0.39, 0.29) is 0 Å². The van der Waals surface area contributed by atoms with Gasteiger partial charge in [-0.3, -0.25) is 0 Å². The number of rotatable bonds is 7. The highest BCUT2D eigenvalue weighted by atomic mass is 79.9. The Labute approximate surface area is 154 Å². The lowest BCUT2D eigenvalue weighted by Gasteiger charge is -2.06. The van der Waals surface area contributed by atoms with Crippen LogP contribution in [0, 0.1) is 0 Å². The van der Waals surface area contributed by atoms with E-state index in [1.807, 2.05) is 24.4 Å². The number of hydrogen-bond acceptors (Lipinski definition) is 5. The number of ether oxygens (including phenoxy) is 1. The fourth-order valence-corrected chi connectivity index (χ4v) is 3.33. The van der Waals surface area contributed by atoms with Crippen molar-refractivity contribution >= 4 is 33.1 Å². The van der Waals surface area contributed by atoms with Crippen LogP contribution in [0.15, 0.2) is 52.6 Å². The maximum absolute atomic E-state index is 5.51. The topological polar surface area (TPSA) is 47.0 Å². The van der Waals surface area contributed by atoms with Crippen molar-refractivity contribution in [1.29, 1.82) is 0 Å². The van der Waals surface area contributed by atoms with Gasteiger partial charge in [-0.15, -0.1) is 11.3 Å². The Bertz CT molecular complexity index is 789. The molecule has 0 saturated heterocycles. The molecule has 124 valence electrons. The lowest BCUT2D eigenvalue weighted by Crippen LogP contribution is -2.06. The standard InChI is InChI=1S/C18H18BrN3OS/c1-2-23-15-9-17(24-11-15)16-10-18(22-12-21-16)20-8-7-13-3-5-14(19)6-4-13/h3-6,9-12H,2,7-8H2,1H3,(H,20,21,22). The Morgan fingerprint density at radius 3 is 2.79 bits per heavy atom. The van der Waals surface area contributed by atoms with Crippen LogP contribution in [-0.2, 0) is 6.42 Å². The molecule has 3 aromatic rings. The van der Waals surface area contributed by atoms with Gasteiger partial charge in [0, 0.05) is 28.5 Å². The minimum absolute atomic E-state index is 0.669. The minimum atomic E-state index is 0.669. The molecule has 0 fully saturated rings. The summed E-state index contributed by atoms with van der Waals surface area (Å²) in [7, 11) is 0. The maximum atomic E-state index is 5.51. The first-order valence-corrected chi connectivity index (χ1v) is 9.44. The Morgan fingerprint density at radius 1 is 1.17 bits per heavy atom. The third kappa shape index (κ3) is 4.55. The number of halogens is 1. The molecular weight excluding hydrogens is 386 g/mol. The molecule has 6 heteroatoms. The zero-order valence-electron chi connectivity index (χ0n) is 13.3. The van der Waals surface area contributed by atoms with Crippen molar-refractivity contribution in [3.05, 3.63) is 58.1 Å². The summed E-state index contributed by atoms with van der Waals surface area (Å²) in [6.45, 7) is 3.48. The number of anilines is 1. The summed E-state index contributed by atoms with van der Waals surface area (Å²) >= 11 is 5.08. The van der Waals surface area contributed by atoms with Gasteiger partial charge in [-0.05, 0) is 31.0 Å². The predicted octanol–water partition coefficient (Wildman–Crippen LogP) is 5.02. The van der Waals surface area contributed by atoms with E-state index in [9.17, 15) is 0 Å². The van der Waals surface area contributed by atoms with Crippen LogP contribution in [0.2, 0.25) is 0 Å². The van der Waals surface area contributed by atoms with Crippen LogP contribution in [-0.4, -0.2) is 23.1 Å². The van der Waals surface area contributed by atoms with Crippen LogP contribution in [0.3, 0.4) is 0 Å². The van der Waals surface area contributed by atoms with Gasteiger partial charge < -0.3 is 10.1 Å². The monoisotopic (exact) mass is 403 g/mol. The quantitative estimate of drug-likeness (QED) is 0.601. The number of thiophene rings is 1. The van der Waals surface area contributed by atoms with Gasteiger partial charge in [0.25, 0.3) is 0 Å². The molecule has 2 aromatic heterocycles. The molecule has 0 amide bonds. The molecule has 0 aliphatic carbocycles. The second kappa shape index (κ2) is 8.26. The molecule has 1 N–H and O–H groups in total. The largest absolute Gasteiger partial charge is 0.493 e. The minimum Gasteiger partial charge on any atom is -0.493 e. The Kier molecular flexibility index (Phi) is 5.82. The third-order valence-corrected chi connectivity index (χ3v) is 4.90. The summed E-state index contributed by atoms with van der Waals surface area (Å²) in [6.07, 6.45) is 2.54. The highest BCUT2D eigenvalue weighted by Crippen LogP contribution is 2.30. The Hall–Kier alpha value is -1.92. The van der Waals surface area contributed by atoms with Gasteiger partial charge in [-0.2, -0.15) is 0 Å². The number of aromatic nitrogens is 2. The SMILES string of the molecule is CCOc1csc(-c2cc(NCCc3ccc(Br)cc3)ncn2)c1. The second-order valence-corrected chi connectivity index (χ2v) is 7.00. The van der Waals surface area contributed by atoms with Crippen molar-refractivity contribution in [2.45, 2.75) is 13.3 Å². The second-order valence-electron chi connectivity index (χ2n) is 5.17. The summed E-state index contributed by atoms with van der Waals surface area (Å²) < 4.78 is 6.61. The van der Waals surface area contributed by atoms with Gasteiger partial charge in [-0.1, -0.05) is 28.1 Å². The molecular formula is C18H18BrN3OS. The van der Waals surface area contributed by atoms with Crippen LogP contribution >= 0.6 is 27.3 Å². The molecule has 0 aliphatic rings. The smallest absolute Gasteiger partial charge is 0.130 e. The van der Waals surface area contributed by atoms with Crippen molar-refractivity contribution in [3.8, 4) is 16.3 Å². The highest BCUT2D eigenvalue weighted by Gasteiger charge is 2.06.